The molecule has 0 bridgehead atoms. The van der Waals surface area contributed by atoms with Gasteiger partial charge in [-0.25, -0.2) is 9.37 Å². The molecule has 4 heteroatoms. The van der Waals surface area contributed by atoms with Gasteiger partial charge < -0.3 is 5.73 Å². The molecule has 0 aliphatic carbocycles. The zero-order valence-electron chi connectivity index (χ0n) is 9.06. The summed E-state index contributed by atoms with van der Waals surface area (Å²) in [6, 6.07) is 10.6. The van der Waals surface area contributed by atoms with E-state index in [9.17, 15) is 9.18 Å². The molecule has 0 aliphatic heterocycles. The second kappa shape index (κ2) is 4.74. The van der Waals surface area contributed by atoms with Gasteiger partial charge in [0.15, 0.2) is 5.78 Å². The van der Waals surface area contributed by atoms with Gasteiger partial charge in [0.25, 0.3) is 0 Å². The van der Waals surface area contributed by atoms with E-state index in [0.29, 0.717) is 17.1 Å². The zero-order valence-corrected chi connectivity index (χ0v) is 9.06. The number of pyridine rings is 1. The second-order valence-electron chi connectivity index (χ2n) is 3.66. The molecule has 0 radical (unpaired) electrons. The van der Waals surface area contributed by atoms with Crippen molar-refractivity contribution < 1.29 is 9.18 Å². The van der Waals surface area contributed by atoms with Crippen molar-refractivity contribution in [2.24, 2.45) is 0 Å². The van der Waals surface area contributed by atoms with Gasteiger partial charge in [-0.3, -0.25) is 4.79 Å². The van der Waals surface area contributed by atoms with E-state index in [2.05, 4.69) is 4.98 Å². The van der Waals surface area contributed by atoms with Gasteiger partial charge in [0.1, 0.15) is 11.6 Å². The molecule has 3 nitrogen and oxygen atoms in total. The lowest BCUT2D eigenvalue weighted by atomic mass is 10.1. The van der Waals surface area contributed by atoms with Crippen LogP contribution in [-0.4, -0.2) is 10.8 Å². The highest BCUT2D eigenvalue weighted by molar-refractivity contribution is 5.97. The molecule has 1 aromatic heterocycles. The molecule has 86 valence electrons. The van der Waals surface area contributed by atoms with Gasteiger partial charge in [-0.1, -0.05) is 6.07 Å². The first kappa shape index (κ1) is 11.3. The maximum absolute atomic E-state index is 12.7. The Bertz CT molecular complexity index is 537. The SMILES string of the molecule is Nc1cccc(CC(=O)c2ccc(F)cc2)n1. The number of carbonyl (C=O) groups excluding carboxylic acids is 1. The first-order chi connectivity index (χ1) is 8.15. The van der Waals surface area contributed by atoms with Crippen molar-refractivity contribution >= 4 is 11.6 Å². The lowest BCUT2D eigenvalue weighted by Crippen LogP contribution is -2.06. The molecular formula is C13H11FN2O. The number of anilines is 1. The highest BCUT2D eigenvalue weighted by Crippen LogP contribution is 2.08. The van der Waals surface area contributed by atoms with Gasteiger partial charge in [0.2, 0.25) is 0 Å². The summed E-state index contributed by atoms with van der Waals surface area (Å²) in [5.74, 6) is -0.0823. The minimum absolute atomic E-state index is 0.108. The van der Waals surface area contributed by atoms with Gasteiger partial charge >= 0.3 is 0 Å². The zero-order chi connectivity index (χ0) is 12.3. The highest BCUT2D eigenvalue weighted by Gasteiger charge is 2.08. The molecule has 1 heterocycles. The van der Waals surface area contributed by atoms with Crippen LogP contribution in [0, 0.1) is 5.82 Å². The van der Waals surface area contributed by atoms with Crippen molar-refractivity contribution in [2.45, 2.75) is 6.42 Å². The summed E-state index contributed by atoms with van der Waals surface area (Å²) in [6.07, 6.45) is 0.163. The first-order valence-corrected chi connectivity index (χ1v) is 5.15. The van der Waals surface area contributed by atoms with E-state index in [4.69, 9.17) is 5.73 Å². The Morgan fingerprint density at radius 3 is 2.53 bits per heavy atom. The standard InChI is InChI=1S/C13H11FN2O/c14-10-6-4-9(5-7-10)12(17)8-11-2-1-3-13(15)16-11/h1-7H,8H2,(H2,15,16). The molecule has 0 aliphatic rings. The molecule has 2 rings (SSSR count). The first-order valence-electron chi connectivity index (χ1n) is 5.15. The second-order valence-corrected chi connectivity index (χ2v) is 3.66. The number of rotatable bonds is 3. The molecule has 1 aromatic carbocycles. The summed E-state index contributed by atoms with van der Waals surface area (Å²) < 4.78 is 12.7. The maximum Gasteiger partial charge on any atom is 0.168 e. The van der Waals surface area contributed by atoms with Crippen molar-refractivity contribution in [1.29, 1.82) is 0 Å². The number of Topliss-reactive ketones (excluding diaryl/α,β-unsaturated/α-hetero) is 1. The van der Waals surface area contributed by atoms with E-state index in [-0.39, 0.29) is 18.0 Å². The fourth-order valence-electron chi connectivity index (χ4n) is 1.50. The predicted octanol–water partition coefficient (Wildman–Crippen LogP) is 2.23. The van der Waals surface area contributed by atoms with E-state index >= 15 is 0 Å². The quantitative estimate of drug-likeness (QED) is 0.822. The molecule has 0 fully saturated rings. The van der Waals surface area contributed by atoms with Crippen LogP contribution in [0.5, 0.6) is 0 Å². The Balaban J connectivity index is 2.14. The van der Waals surface area contributed by atoms with Crippen LogP contribution in [0.2, 0.25) is 0 Å². The minimum Gasteiger partial charge on any atom is -0.384 e. The van der Waals surface area contributed by atoms with Gasteiger partial charge in [-0.2, -0.15) is 0 Å². The van der Waals surface area contributed by atoms with Crippen LogP contribution >= 0.6 is 0 Å². The number of nitrogens with two attached hydrogens (primary N) is 1. The molecule has 0 saturated heterocycles. The van der Waals surface area contributed by atoms with Crippen LogP contribution < -0.4 is 5.73 Å². The van der Waals surface area contributed by atoms with Crippen molar-refractivity contribution in [3.05, 3.63) is 59.5 Å². The number of aromatic nitrogens is 1. The Labute approximate surface area is 98.1 Å². The summed E-state index contributed by atoms with van der Waals surface area (Å²) in [7, 11) is 0. The highest BCUT2D eigenvalue weighted by atomic mass is 19.1. The monoisotopic (exact) mass is 230 g/mol. The largest absolute Gasteiger partial charge is 0.384 e. The maximum atomic E-state index is 12.7. The van der Waals surface area contributed by atoms with E-state index in [1.165, 1.54) is 24.3 Å². The van der Waals surface area contributed by atoms with Crippen molar-refractivity contribution in [3.63, 3.8) is 0 Å². The molecule has 0 spiro atoms. The molecule has 2 N–H and O–H groups in total. The van der Waals surface area contributed by atoms with Gasteiger partial charge in [-0.05, 0) is 36.4 Å². The summed E-state index contributed by atoms with van der Waals surface area (Å²) >= 11 is 0. The third kappa shape index (κ3) is 2.87. The van der Waals surface area contributed by atoms with Crippen LogP contribution in [0.25, 0.3) is 0 Å². The number of hydrogen-bond donors (Lipinski definition) is 1. The smallest absolute Gasteiger partial charge is 0.168 e. The molecule has 0 saturated carbocycles. The van der Waals surface area contributed by atoms with Crippen LogP contribution in [0.4, 0.5) is 10.2 Å². The summed E-state index contributed by atoms with van der Waals surface area (Å²) in [4.78, 5) is 15.9. The molecule has 0 atom stereocenters. The molecule has 0 amide bonds. The minimum atomic E-state index is -0.358. The normalized spacial score (nSPS) is 10.2. The summed E-state index contributed by atoms with van der Waals surface area (Å²) in [5, 5.41) is 0. The van der Waals surface area contributed by atoms with Gasteiger partial charge in [-0.15, -0.1) is 0 Å². The third-order valence-corrected chi connectivity index (χ3v) is 2.34. The number of nitrogen functional groups attached to an aromatic ring is 1. The number of ketones is 1. The van der Waals surface area contributed by atoms with E-state index < -0.39 is 0 Å². The van der Waals surface area contributed by atoms with Crippen LogP contribution in [0.15, 0.2) is 42.5 Å². The fourth-order valence-corrected chi connectivity index (χ4v) is 1.50. The average Bonchev–Trinajstić information content (AvgIpc) is 2.29. The molecule has 17 heavy (non-hydrogen) atoms. The average molecular weight is 230 g/mol. The van der Waals surface area contributed by atoms with Crippen molar-refractivity contribution in [2.75, 3.05) is 5.73 Å². The molecule has 0 unspecified atom stereocenters. The number of carbonyl (C=O) groups is 1. The van der Waals surface area contributed by atoms with Crippen LogP contribution in [-0.2, 0) is 6.42 Å². The van der Waals surface area contributed by atoms with Crippen molar-refractivity contribution in [1.82, 2.24) is 4.98 Å². The van der Waals surface area contributed by atoms with E-state index in [1.54, 1.807) is 18.2 Å². The number of nitrogens with zero attached hydrogens (tertiary/aromatic N) is 1. The predicted molar refractivity (Wildman–Crippen MR) is 63.1 cm³/mol. The van der Waals surface area contributed by atoms with E-state index in [1.807, 2.05) is 0 Å². The summed E-state index contributed by atoms with van der Waals surface area (Å²) in [6.45, 7) is 0. The molecular weight excluding hydrogens is 219 g/mol. The Morgan fingerprint density at radius 1 is 1.18 bits per heavy atom. The van der Waals surface area contributed by atoms with Gasteiger partial charge in [0, 0.05) is 5.56 Å². The topological polar surface area (TPSA) is 56.0 Å². The fraction of sp³-hybridized carbons (Fsp3) is 0.0769. The Hall–Kier alpha value is -2.23. The van der Waals surface area contributed by atoms with E-state index in [0.717, 1.165) is 0 Å². The lowest BCUT2D eigenvalue weighted by Gasteiger charge is -2.01. The third-order valence-electron chi connectivity index (χ3n) is 2.34. The molecule has 2 aromatic rings. The number of hydrogen-bond acceptors (Lipinski definition) is 3. The summed E-state index contributed by atoms with van der Waals surface area (Å²) in [5.41, 5.74) is 6.60. The Morgan fingerprint density at radius 2 is 1.88 bits per heavy atom. The van der Waals surface area contributed by atoms with Crippen LogP contribution in [0.1, 0.15) is 16.1 Å². The van der Waals surface area contributed by atoms with Crippen molar-refractivity contribution in [3.8, 4) is 0 Å². The lowest BCUT2D eigenvalue weighted by molar-refractivity contribution is 0.0992. The van der Waals surface area contributed by atoms with Gasteiger partial charge in [0.05, 0.1) is 12.1 Å². The number of halogens is 1. The Kier molecular flexibility index (Phi) is 3.14. The number of benzene rings is 1. The van der Waals surface area contributed by atoms with Crippen LogP contribution in [0.3, 0.4) is 0 Å².